The van der Waals surface area contributed by atoms with Gasteiger partial charge in [-0.2, -0.15) is 5.10 Å². The molecule has 3 N–H and O–H groups in total. The summed E-state index contributed by atoms with van der Waals surface area (Å²) in [5.74, 6) is -0.612. The Morgan fingerprint density at radius 2 is 1.80 bits per heavy atom. The zero-order valence-corrected chi connectivity index (χ0v) is 24.5. The number of likely N-dealkylation sites (tertiary alicyclic amines) is 1. The van der Waals surface area contributed by atoms with Crippen molar-refractivity contribution in [2.45, 2.75) is 25.9 Å². The lowest BCUT2D eigenvalue weighted by atomic mass is 10.0. The Hall–Kier alpha value is -4.59. The number of nitrogens with one attached hydrogen (secondary N) is 3. The van der Waals surface area contributed by atoms with Gasteiger partial charge in [0.2, 0.25) is 10.0 Å². The van der Waals surface area contributed by atoms with Crippen LogP contribution >= 0.6 is 0 Å². The van der Waals surface area contributed by atoms with Crippen LogP contribution in [0.3, 0.4) is 0 Å². The Morgan fingerprint density at radius 3 is 2.61 bits per heavy atom. The van der Waals surface area contributed by atoms with E-state index in [2.05, 4.69) is 34.8 Å². The quantitative estimate of drug-likeness (QED) is 0.216. The van der Waals surface area contributed by atoms with Gasteiger partial charge in [-0.15, -0.1) is 0 Å². The van der Waals surface area contributed by atoms with E-state index in [1.165, 1.54) is 31.0 Å². The number of hydrogen-bond donors (Lipinski definition) is 3. The molecule has 0 radical (unpaired) electrons. The van der Waals surface area contributed by atoms with Crippen LogP contribution in [0.2, 0.25) is 0 Å². The second-order valence-corrected chi connectivity index (χ2v) is 12.9. The predicted molar refractivity (Wildman–Crippen MR) is 164 cm³/mol. The first kappa shape index (κ1) is 28.2. The fraction of sp³-hybridized carbons (Fsp3) is 0.226. The molecule has 0 unspecified atom stereocenters. The highest BCUT2D eigenvalue weighted by atomic mass is 32.2. The Labute approximate surface area is 251 Å². The van der Waals surface area contributed by atoms with Crippen LogP contribution in [0.25, 0.3) is 55.8 Å². The number of aromatic nitrogens is 6. The molecule has 4 aromatic heterocycles. The molecule has 1 aliphatic heterocycles. The first-order chi connectivity index (χ1) is 21.2. The highest BCUT2D eigenvalue weighted by Gasteiger charge is 2.20. The molecule has 1 fully saturated rings. The number of hydrogen-bond acceptors (Lipinski definition) is 7. The molecule has 5 heterocycles. The summed E-state index contributed by atoms with van der Waals surface area (Å²) in [6.45, 7) is 2.88. The number of sulfonamides is 1. The van der Waals surface area contributed by atoms with Crippen molar-refractivity contribution >= 4 is 32.1 Å². The summed E-state index contributed by atoms with van der Waals surface area (Å²) < 4.78 is 55.5. The van der Waals surface area contributed by atoms with E-state index in [0.29, 0.717) is 50.3 Å². The Bertz CT molecular complexity index is 2140. The summed E-state index contributed by atoms with van der Waals surface area (Å²) in [5.41, 5.74) is 5.62. The van der Waals surface area contributed by atoms with Crippen molar-refractivity contribution < 1.29 is 17.2 Å². The van der Waals surface area contributed by atoms with Gasteiger partial charge in [0.25, 0.3) is 0 Å². The molecule has 1 aliphatic rings. The summed E-state index contributed by atoms with van der Waals surface area (Å²) in [4.78, 5) is 19.1. The molecule has 0 bridgehead atoms. The molecule has 0 saturated carbocycles. The van der Waals surface area contributed by atoms with Crippen LogP contribution < -0.4 is 4.72 Å². The highest BCUT2D eigenvalue weighted by Crippen LogP contribution is 2.34. The molecule has 0 atom stereocenters. The van der Waals surface area contributed by atoms with Crippen LogP contribution in [0.4, 0.5) is 8.78 Å². The van der Waals surface area contributed by atoms with Crippen molar-refractivity contribution in [1.82, 2.24) is 39.8 Å². The first-order valence-corrected chi connectivity index (χ1v) is 16.0. The molecular formula is C31H28F2N8O2S. The van der Waals surface area contributed by atoms with Crippen LogP contribution in [-0.2, 0) is 23.1 Å². The lowest BCUT2D eigenvalue weighted by molar-refractivity contribution is 0.331. The number of fused-ring (bicyclic) bond motifs is 2. The van der Waals surface area contributed by atoms with Gasteiger partial charge < -0.3 is 4.98 Å². The van der Waals surface area contributed by atoms with Gasteiger partial charge in [-0.05, 0) is 90.6 Å². The topological polar surface area (TPSA) is 133 Å². The summed E-state index contributed by atoms with van der Waals surface area (Å²) in [7, 11) is -3.46. The average Bonchev–Trinajstić information content (AvgIpc) is 3.75. The van der Waals surface area contributed by atoms with Crippen molar-refractivity contribution in [2.24, 2.45) is 0 Å². The van der Waals surface area contributed by atoms with Crippen molar-refractivity contribution in [2.75, 3.05) is 19.3 Å². The standard InChI is InChI=1S/C31H28F2N8O2S/c1-44(42,43)36-15-18-8-21(11-23(32)10-18)24-4-5-35-30-28(24)37-31(38-30)29-25-12-20(13-26(33)27(25)39-40-29)22-9-19(14-34-16-22)17-41-6-2-3-7-41/h4-5,8-14,16,36H,2-3,6-7,15,17H2,1H3,(H,39,40)(H,35,37,38). The van der Waals surface area contributed by atoms with E-state index in [1.54, 1.807) is 24.5 Å². The van der Waals surface area contributed by atoms with Crippen LogP contribution in [-0.4, -0.2) is 62.8 Å². The van der Waals surface area contributed by atoms with Crippen LogP contribution in [0, 0.1) is 11.6 Å². The number of pyridine rings is 2. The van der Waals surface area contributed by atoms with Gasteiger partial charge in [-0.25, -0.2) is 31.9 Å². The van der Waals surface area contributed by atoms with E-state index < -0.39 is 21.7 Å². The van der Waals surface area contributed by atoms with Gasteiger partial charge in [0.15, 0.2) is 11.5 Å². The lowest BCUT2D eigenvalue weighted by Gasteiger charge is -2.14. The number of imidazole rings is 1. The van der Waals surface area contributed by atoms with Crippen LogP contribution in [0.5, 0.6) is 0 Å². The zero-order chi connectivity index (χ0) is 30.4. The van der Waals surface area contributed by atoms with Gasteiger partial charge in [-0.1, -0.05) is 0 Å². The van der Waals surface area contributed by atoms with Gasteiger partial charge in [0.1, 0.15) is 28.4 Å². The van der Waals surface area contributed by atoms with Crippen molar-refractivity contribution in [1.29, 1.82) is 0 Å². The van der Waals surface area contributed by atoms with Crippen molar-refractivity contribution in [3.63, 3.8) is 0 Å². The maximum Gasteiger partial charge on any atom is 0.209 e. The van der Waals surface area contributed by atoms with Gasteiger partial charge in [-0.3, -0.25) is 15.0 Å². The smallest absolute Gasteiger partial charge is 0.209 e. The minimum Gasteiger partial charge on any atom is -0.321 e. The SMILES string of the molecule is CS(=O)(=O)NCc1cc(F)cc(-c2ccnc3[nH]c(-c4n[nH]c5c(F)cc(-c6cncc(CN7CCCC7)c6)cc45)nc23)c1. The van der Waals surface area contributed by atoms with Gasteiger partial charge in [0, 0.05) is 48.2 Å². The Morgan fingerprint density at radius 1 is 0.977 bits per heavy atom. The van der Waals surface area contributed by atoms with E-state index in [0.717, 1.165) is 37.0 Å². The molecule has 0 amide bonds. The molecule has 2 aromatic carbocycles. The van der Waals surface area contributed by atoms with Gasteiger partial charge >= 0.3 is 0 Å². The van der Waals surface area contributed by atoms with E-state index in [4.69, 9.17) is 4.98 Å². The van der Waals surface area contributed by atoms with E-state index >= 15 is 4.39 Å². The summed E-state index contributed by atoms with van der Waals surface area (Å²) >= 11 is 0. The number of nitrogens with zero attached hydrogens (tertiary/aromatic N) is 5. The van der Waals surface area contributed by atoms with E-state index in [-0.39, 0.29) is 12.1 Å². The average molecular weight is 615 g/mol. The molecule has 0 spiro atoms. The fourth-order valence-corrected chi connectivity index (χ4v) is 6.16. The molecular weight excluding hydrogens is 586 g/mol. The van der Waals surface area contributed by atoms with Gasteiger partial charge in [0.05, 0.1) is 6.26 Å². The summed E-state index contributed by atoms with van der Waals surface area (Å²) in [6.07, 6.45) is 8.59. The summed E-state index contributed by atoms with van der Waals surface area (Å²) in [5, 5.41) is 7.71. The minimum absolute atomic E-state index is 0.0620. The van der Waals surface area contributed by atoms with Crippen LogP contribution in [0.15, 0.2) is 61.1 Å². The fourth-order valence-electron chi connectivity index (χ4n) is 5.74. The van der Waals surface area contributed by atoms with Crippen molar-refractivity contribution in [3.8, 4) is 33.8 Å². The molecule has 7 rings (SSSR count). The van der Waals surface area contributed by atoms with Crippen LogP contribution in [0.1, 0.15) is 24.0 Å². The Kier molecular flexibility index (Phi) is 7.15. The second kappa shape index (κ2) is 11.2. The highest BCUT2D eigenvalue weighted by molar-refractivity contribution is 7.88. The molecule has 1 saturated heterocycles. The molecule has 13 heteroatoms. The van der Waals surface area contributed by atoms with E-state index in [9.17, 15) is 12.8 Å². The Balaban J connectivity index is 1.27. The number of H-pyrrole nitrogens is 2. The molecule has 0 aliphatic carbocycles. The first-order valence-electron chi connectivity index (χ1n) is 14.1. The number of benzene rings is 2. The zero-order valence-electron chi connectivity index (χ0n) is 23.7. The summed E-state index contributed by atoms with van der Waals surface area (Å²) in [6, 6.07) is 11.4. The maximum atomic E-state index is 15.4. The van der Waals surface area contributed by atoms with E-state index in [1.807, 2.05) is 18.3 Å². The maximum absolute atomic E-state index is 15.4. The third-order valence-electron chi connectivity index (χ3n) is 7.77. The third-order valence-corrected chi connectivity index (χ3v) is 8.44. The largest absolute Gasteiger partial charge is 0.321 e. The molecule has 10 nitrogen and oxygen atoms in total. The molecule has 224 valence electrons. The normalized spacial score (nSPS) is 14.2. The third kappa shape index (κ3) is 5.68. The molecule has 44 heavy (non-hydrogen) atoms. The number of rotatable bonds is 8. The lowest BCUT2D eigenvalue weighted by Crippen LogP contribution is -2.21. The predicted octanol–water partition coefficient (Wildman–Crippen LogP) is 5.15. The minimum atomic E-state index is -3.46. The monoisotopic (exact) mass is 614 g/mol. The van der Waals surface area contributed by atoms with Crippen molar-refractivity contribution in [3.05, 3.63) is 83.8 Å². The second-order valence-electron chi connectivity index (χ2n) is 11.1. The molecule has 6 aromatic rings. The number of halogens is 2. The number of aromatic amines is 2.